The van der Waals surface area contributed by atoms with Crippen LogP contribution in [-0.2, 0) is 0 Å². The maximum Gasteiger partial charge on any atom is -0.0383 e. The normalized spacial score (nSPS) is 13.5. The third-order valence-electron chi connectivity index (χ3n) is 12.6. The molecule has 0 nitrogen and oxygen atoms in total. The molecule has 0 amide bonds. The highest BCUT2D eigenvalue weighted by Gasteiger charge is 2.18. The van der Waals surface area contributed by atoms with E-state index in [1.165, 1.54) is 193 Å². The van der Waals surface area contributed by atoms with Gasteiger partial charge in [-0.2, -0.15) is 0 Å². The number of unbranched alkanes of at least 4 members (excludes halogenated alkanes) is 6. The Balaban J connectivity index is -0.0000000945. The zero-order valence-corrected chi connectivity index (χ0v) is 53.3. The van der Waals surface area contributed by atoms with E-state index in [0.717, 1.165) is 41.4 Å². The summed E-state index contributed by atoms with van der Waals surface area (Å²) in [5, 5.41) is 0. The van der Waals surface area contributed by atoms with Gasteiger partial charge in [0, 0.05) is 0 Å². The standard InChI is InChI=1S/C7H14.5C7H16.C6H12.3C6H14/c1-7-5-3-2-4-6-7;1-5-6-7(2,3)4;2*1-4-5-6-7(2)3;1-4-6-7(3)5-2;1-3-5-7-6-4-2;1-2-3-6-4-5-6;1-5-6(2,3)4;1-4-5-6(2)3;1-4-6(3)5-2/h7H,2-6H2,1H3;5-6H2,1-4H3;3*7H,4-6H2,1-3H3;3-7H2,1-2H3;6H,2-5H2,1H3;5H2,1-4H3;2*6H,4-5H2,1-3H3/t;;;;7-;;;;;/m....1...../s1. The second kappa shape index (κ2) is 67.1. The summed E-state index contributed by atoms with van der Waals surface area (Å²) in [7, 11) is 0. The number of rotatable bonds is 20. The van der Waals surface area contributed by atoms with Crippen molar-refractivity contribution in [3.63, 3.8) is 0 Å². The minimum atomic E-state index is 0.542. The van der Waals surface area contributed by atoms with Crippen LogP contribution in [0.3, 0.4) is 0 Å². The molecule has 2 aliphatic carbocycles. The molecule has 2 fully saturated rings. The molecule has 0 unspecified atom stereocenters. The van der Waals surface area contributed by atoms with E-state index in [9.17, 15) is 0 Å². The van der Waals surface area contributed by atoms with Crippen LogP contribution >= 0.6 is 0 Å². The zero-order valence-electron chi connectivity index (χ0n) is 53.3. The van der Waals surface area contributed by atoms with Crippen LogP contribution in [0.2, 0.25) is 0 Å². The van der Waals surface area contributed by atoms with Gasteiger partial charge < -0.3 is 0 Å². The maximum atomic E-state index is 2.36. The summed E-state index contributed by atoms with van der Waals surface area (Å²) in [4.78, 5) is 0. The Morgan fingerprint density at radius 1 is 0.364 bits per heavy atom. The van der Waals surface area contributed by atoms with Crippen LogP contribution in [0.15, 0.2) is 0 Å². The number of hydrogen-bond acceptors (Lipinski definition) is 0. The first-order chi connectivity index (χ1) is 30.8. The minimum Gasteiger partial charge on any atom is -0.0654 e. The molecule has 2 aliphatic rings. The van der Waals surface area contributed by atoms with Crippen molar-refractivity contribution < 1.29 is 0 Å². The molecular weight excluding hydrogens is 793 g/mol. The highest BCUT2D eigenvalue weighted by Crippen LogP contribution is 2.33. The fraction of sp³-hybridized carbons (Fsp3) is 1.00. The summed E-state index contributed by atoms with van der Waals surface area (Å²) >= 11 is 0. The largest absolute Gasteiger partial charge is 0.0654 e. The highest BCUT2D eigenvalue weighted by atomic mass is 14.2. The average Bonchev–Trinajstić information content (AvgIpc) is 4.08. The first-order valence-electron chi connectivity index (χ1n) is 30.8. The van der Waals surface area contributed by atoms with Gasteiger partial charge >= 0.3 is 0 Å². The van der Waals surface area contributed by atoms with Gasteiger partial charge in [0.15, 0.2) is 0 Å². The van der Waals surface area contributed by atoms with Gasteiger partial charge in [0.2, 0.25) is 0 Å². The number of hydrogen-bond donors (Lipinski definition) is 0. The van der Waals surface area contributed by atoms with Crippen LogP contribution in [0, 0.1) is 52.3 Å². The van der Waals surface area contributed by atoms with E-state index < -0.39 is 0 Å². The van der Waals surface area contributed by atoms with E-state index in [1.807, 2.05) is 0 Å². The van der Waals surface area contributed by atoms with E-state index in [2.05, 4.69) is 187 Å². The monoisotopic (exact) mass is 941 g/mol. The summed E-state index contributed by atoms with van der Waals surface area (Å²) < 4.78 is 0. The fourth-order valence-electron chi connectivity index (χ4n) is 6.34. The van der Waals surface area contributed by atoms with Gasteiger partial charge in [-0.05, 0) is 58.7 Å². The third-order valence-corrected chi connectivity index (χ3v) is 12.6. The molecule has 0 bridgehead atoms. The lowest BCUT2D eigenvalue weighted by Crippen LogP contribution is -2.02. The second-order valence-electron chi connectivity index (χ2n) is 24.7. The Morgan fingerprint density at radius 3 is 0.833 bits per heavy atom. The van der Waals surface area contributed by atoms with E-state index in [0.29, 0.717) is 10.8 Å². The summed E-state index contributed by atoms with van der Waals surface area (Å²) in [6.45, 7) is 60.9. The van der Waals surface area contributed by atoms with Gasteiger partial charge in [0.1, 0.15) is 0 Å². The van der Waals surface area contributed by atoms with Gasteiger partial charge in [-0.1, -0.05) is 373 Å². The van der Waals surface area contributed by atoms with Gasteiger partial charge in [-0.15, -0.1) is 0 Å². The molecule has 0 radical (unpaired) electrons. The van der Waals surface area contributed by atoms with Crippen molar-refractivity contribution in [3.05, 3.63) is 0 Å². The third kappa shape index (κ3) is 125. The Labute approximate surface area is 430 Å². The lowest BCUT2D eigenvalue weighted by atomic mass is 9.91. The van der Waals surface area contributed by atoms with Gasteiger partial charge in [-0.25, -0.2) is 0 Å². The molecule has 0 N–H and O–H groups in total. The molecule has 0 aliphatic heterocycles. The Bertz CT molecular complexity index is 691. The van der Waals surface area contributed by atoms with E-state index >= 15 is 0 Å². The van der Waals surface area contributed by atoms with Crippen molar-refractivity contribution in [1.82, 2.24) is 0 Å². The van der Waals surface area contributed by atoms with Gasteiger partial charge in [0.25, 0.3) is 0 Å². The highest BCUT2D eigenvalue weighted by molar-refractivity contribution is 4.71. The summed E-state index contributed by atoms with van der Waals surface area (Å²) in [5.74, 6) is 6.77. The lowest BCUT2D eigenvalue weighted by molar-refractivity contribution is 0.373. The summed E-state index contributed by atoms with van der Waals surface area (Å²) in [6, 6.07) is 0. The molecule has 1 atom stereocenters. The van der Waals surface area contributed by atoms with Crippen molar-refractivity contribution >= 4 is 0 Å². The molecule has 0 aromatic carbocycles. The Hall–Kier alpha value is 0. The predicted octanol–water partition coefficient (Wildman–Crippen LogP) is 26.4. The quantitative estimate of drug-likeness (QED) is 0.107. The molecule has 0 spiro atoms. The van der Waals surface area contributed by atoms with Crippen LogP contribution in [-0.4, -0.2) is 0 Å². The predicted molar refractivity (Wildman–Crippen MR) is 321 cm³/mol. The second-order valence-corrected chi connectivity index (χ2v) is 24.7. The zero-order chi connectivity index (χ0) is 53.3. The Morgan fingerprint density at radius 2 is 0.727 bits per heavy atom. The van der Waals surface area contributed by atoms with Gasteiger partial charge in [0.05, 0.1) is 0 Å². The topological polar surface area (TPSA) is 0 Å². The molecule has 0 heterocycles. The molecule has 0 aromatic rings. The maximum absolute atomic E-state index is 2.36. The molecule has 2 rings (SSSR count). The van der Waals surface area contributed by atoms with E-state index in [4.69, 9.17) is 0 Å². The van der Waals surface area contributed by atoms with Crippen molar-refractivity contribution in [2.75, 3.05) is 0 Å². The molecule has 66 heavy (non-hydrogen) atoms. The van der Waals surface area contributed by atoms with Crippen LogP contribution in [0.5, 0.6) is 0 Å². The molecule has 0 saturated heterocycles. The van der Waals surface area contributed by atoms with Crippen LogP contribution in [0.25, 0.3) is 0 Å². The van der Waals surface area contributed by atoms with Crippen LogP contribution in [0.4, 0.5) is 0 Å². The SMILES string of the molecule is CC1CCCCC1.CCC(C)(C)C.CCC(C)CC.CCCC(C)(C)C.CCCC(C)C.CCCC1CC1.CCCCC(C)C.CCCCC(C)C.CCCCCCC.CCC[C@H](C)CC. The molecular formula is C66H148. The first kappa shape index (κ1) is 82.9. The van der Waals surface area contributed by atoms with Crippen molar-refractivity contribution in [2.45, 2.75) is 380 Å². The molecule has 0 heteroatoms. The fourth-order valence-corrected chi connectivity index (χ4v) is 6.34. The summed E-state index contributed by atoms with van der Waals surface area (Å²) in [5.41, 5.74) is 1.09. The van der Waals surface area contributed by atoms with E-state index in [1.54, 1.807) is 0 Å². The summed E-state index contributed by atoms with van der Waals surface area (Å²) in [6.07, 6.45) is 42.0. The molecule has 412 valence electrons. The van der Waals surface area contributed by atoms with Crippen LogP contribution < -0.4 is 0 Å². The van der Waals surface area contributed by atoms with E-state index in [-0.39, 0.29) is 0 Å². The smallest absolute Gasteiger partial charge is 0.0383 e. The Kier molecular flexibility index (Phi) is 84.2. The molecule has 0 aromatic heterocycles. The minimum absolute atomic E-state index is 0.542. The lowest BCUT2D eigenvalue weighted by Gasteiger charge is -2.15. The average molecular weight is 942 g/mol. The van der Waals surface area contributed by atoms with Crippen molar-refractivity contribution in [3.8, 4) is 0 Å². The molecule has 2 saturated carbocycles. The van der Waals surface area contributed by atoms with Crippen molar-refractivity contribution in [1.29, 1.82) is 0 Å². The van der Waals surface area contributed by atoms with Gasteiger partial charge in [-0.3, -0.25) is 0 Å². The first-order valence-corrected chi connectivity index (χ1v) is 30.8. The van der Waals surface area contributed by atoms with Crippen LogP contribution in [0.1, 0.15) is 380 Å². The van der Waals surface area contributed by atoms with Crippen molar-refractivity contribution in [2.24, 2.45) is 52.3 Å².